The van der Waals surface area contributed by atoms with Gasteiger partial charge in [0.05, 0.1) is 11.6 Å². The second-order valence-corrected chi connectivity index (χ2v) is 4.67. The molecule has 0 bridgehead atoms. The van der Waals surface area contributed by atoms with E-state index in [4.69, 9.17) is 4.74 Å². The Morgan fingerprint density at radius 2 is 2.24 bits per heavy atom. The van der Waals surface area contributed by atoms with Gasteiger partial charge in [0, 0.05) is 7.11 Å². The zero-order valence-electron chi connectivity index (χ0n) is 10.5. The topological polar surface area (TPSA) is 21.3 Å². The van der Waals surface area contributed by atoms with Gasteiger partial charge in [-0.1, -0.05) is 19.1 Å². The number of hydrogen-bond donors (Lipinski definition) is 1. The monoisotopic (exact) mass is 237 g/mol. The largest absolute Gasteiger partial charge is 0.376 e. The zero-order chi connectivity index (χ0) is 12.3. The van der Waals surface area contributed by atoms with E-state index in [0.29, 0.717) is 0 Å². The Balaban J connectivity index is 2.28. The third-order valence-corrected chi connectivity index (χ3v) is 3.72. The number of ether oxygens (including phenoxy) is 1. The number of hydrogen-bond acceptors (Lipinski definition) is 2. The average molecular weight is 237 g/mol. The molecule has 1 aromatic rings. The molecule has 1 aliphatic rings. The highest BCUT2D eigenvalue weighted by atomic mass is 19.1. The molecular weight excluding hydrogens is 217 g/mol. The van der Waals surface area contributed by atoms with Crippen molar-refractivity contribution >= 4 is 0 Å². The quantitative estimate of drug-likeness (QED) is 0.850. The maximum atomic E-state index is 13.3. The summed E-state index contributed by atoms with van der Waals surface area (Å²) in [5, 5.41) is 3.43. The standard InChI is InChI=1S/C14H20FNO/c1-3-16-13(14(17-2)8-5-9-14)11-6-4-7-12(15)10-11/h4,6-7,10,13,16H,3,5,8-9H2,1-2H3. The molecule has 1 unspecified atom stereocenters. The van der Waals surface area contributed by atoms with Gasteiger partial charge in [-0.3, -0.25) is 0 Å². The van der Waals surface area contributed by atoms with E-state index < -0.39 is 0 Å². The molecule has 0 heterocycles. The molecule has 0 saturated heterocycles. The second-order valence-electron chi connectivity index (χ2n) is 4.67. The molecule has 3 heteroatoms. The first kappa shape index (κ1) is 12.5. The molecule has 2 nitrogen and oxygen atoms in total. The lowest BCUT2D eigenvalue weighted by Crippen LogP contribution is -2.50. The van der Waals surface area contributed by atoms with Gasteiger partial charge in [-0.2, -0.15) is 0 Å². The Kier molecular flexibility index (Phi) is 3.79. The number of halogens is 1. The Hall–Kier alpha value is -0.930. The van der Waals surface area contributed by atoms with Crippen LogP contribution in [0.15, 0.2) is 24.3 Å². The fourth-order valence-corrected chi connectivity index (χ4v) is 2.63. The van der Waals surface area contributed by atoms with Gasteiger partial charge in [0.2, 0.25) is 0 Å². The molecule has 17 heavy (non-hydrogen) atoms. The summed E-state index contributed by atoms with van der Waals surface area (Å²) in [7, 11) is 1.75. The van der Waals surface area contributed by atoms with Crippen LogP contribution >= 0.6 is 0 Å². The number of rotatable bonds is 5. The highest BCUT2D eigenvalue weighted by Gasteiger charge is 2.44. The predicted molar refractivity (Wildman–Crippen MR) is 66.4 cm³/mol. The summed E-state index contributed by atoms with van der Waals surface area (Å²) >= 11 is 0. The molecule has 0 amide bonds. The Morgan fingerprint density at radius 3 is 2.71 bits per heavy atom. The average Bonchev–Trinajstić information content (AvgIpc) is 2.27. The van der Waals surface area contributed by atoms with E-state index in [9.17, 15) is 4.39 Å². The van der Waals surface area contributed by atoms with E-state index >= 15 is 0 Å². The van der Waals surface area contributed by atoms with Crippen LogP contribution in [-0.2, 0) is 4.74 Å². The van der Waals surface area contributed by atoms with Gasteiger partial charge < -0.3 is 10.1 Å². The van der Waals surface area contributed by atoms with Crippen LogP contribution in [0.4, 0.5) is 4.39 Å². The van der Waals surface area contributed by atoms with Crippen molar-refractivity contribution < 1.29 is 9.13 Å². The van der Waals surface area contributed by atoms with Crippen LogP contribution in [0, 0.1) is 5.82 Å². The van der Waals surface area contributed by atoms with Crippen molar-refractivity contribution in [2.75, 3.05) is 13.7 Å². The summed E-state index contributed by atoms with van der Waals surface area (Å²) in [5.74, 6) is -0.184. The summed E-state index contributed by atoms with van der Waals surface area (Å²) in [6, 6.07) is 6.90. The van der Waals surface area contributed by atoms with Crippen LogP contribution in [0.1, 0.15) is 37.8 Å². The molecular formula is C14H20FNO. The molecule has 1 aliphatic carbocycles. The highest BCUT2D eigenvalue weighted by molar-refractivity contribution is 5.24. The molecule has 94 valence electrons. The first-order chi connectivity index (χ1) is 8.22. The minimum absolute atomic E-state index is 0.0851. The van der Waals surface area contributed by atoms with E-state index in [-0.39, 0.29) is 17.5 Å². The van der Waals surface area contributed by atoms with Crippen LogP contribution in [0.3, 0.4) is 0 Å². The van der Waals surface area contributed by atoms with Gasteiger partial charge in [-0.05, 0) is 43.5 Å². The first-order valence-corrected chi connectivity index (χ1v) is 6.26. The number of nitrogens with one attached hydrogen (secondary N) is 1. The van der Waals surface area contributed by atoms with E-state index in [1.807, 2.05) is 6.07 Å². The molecule has 0 aliphatic heterocycles. The third kappa shape index (κ3) is 2.35. The molecule has 1 aromatic carbocycles. The maximum absolute atomic E-state index is 13.3. The van der Waals surface area contributed by atoms with Crippen LogP contribution in [-0.4, -0.2) is 19.3 Å². The number of benzene rings is 1. The maximum Gasteiger partial charge on any atom is 0.123 e. The van der Waals surface area contributed by atoms with Gasteiger partial charge in [-0.25, -0.2) is 4.39 Å². The summed E-state index contributed by atoms with van der Waals surface area (Å²) in [4.78, 5) is 0. The molecule has 1 fully saturated rings. The third-order valence-electron chi connectivity index (χ3n) is 3.72. The molecule has 1 N–H and O–H groups in total. The van der Waals surface area contributed by atoms with Gasteiger partial charge >= 0.3 is 0 Å². The Bertz CT molecular complexity index is 371. The number of likely N-dealkylation sites (N-methyl/N-ethyl adjacent to an activating group) is 1. The van der Waals surface area contributed by atoms with E-state index in [2.05, 4.69) is 12.2 Å². The summed E-state index contributed by atoms with van der Waals surface area (Å²) in [6.45, 7) is 2.92. The van der Waals surface area contributed by atoms with Crippen molar-refractivity contribution in [1.82, 2.24) is 5.32 Å². The first-order valence-electron chi connectivity index (χ1n) is 6.26. The Labute approximate surface area is 102 Å². The van der Waals surface area contributed by atoms with Crippen molar-refractivity contribution in [2.45, 2.75) is 37.8 Å². The fraction of sp³-hybridized carbons (Fsp3) is 0.571. The normalized spacial score (nSPS) is 19.7. The summed E-state index contributed by atoms with van der Waals surface area (Å²) < 4.78 is 19.0. The van der Waals surface area contributed by atoms with Crippen molar-refractivity contribution in [3.63, 3.8) is 0 Å². The fourth-order valence-electron chi connectivity index (χ4n) is 2.63. The predicted octanol–water partition coefficient (Wildman–Crippen LogP) is 3.05. The molecule has 0 radical (unpaired) electrons. The zero-order valence-corrected chi connectivity index (χ0v) is 10.5. The summed E-state index contributed by atoms with van der Waals surface area (Å²) in [5.41, 5.74) is 0.831. The lowest BCUT2D eigenvalue weighted by molar-refractivity contribution is -0.0995. The molecule has 2 rings (SSSR count). The van der Waals surface area contributed by atoms with Crippen molar-refractivity contribution in [3.05, 3.63) is 35.6 Å². The summed E-state index contributed by atoms with van der Waals surface area (Å²) in [6.07, 6.45) is 3.26. The Morgan fingerprint density at radius 1 is 1.47 bits per heavy atom. The van der Waals surface area contributed by atoms with E-state index in [0.717, 1.165) is 24.9 Å². The molecule has 1 atom stereocenters. The van der Waals surface area contributed by atoms with Crippen molar-refractivity contribution in [2.24, 2.45) is 0 Å². The van der Waals surface area contributed by atoms with Gasteiger partial charge in [0.25, 0.3) is 0 Å². The van der Waals surface area contributed by atoms with Crippen LogP contribution in [0.25, 0.3) is 0 Å². The molecule has 0 aromatic heterocycles. The van der Waals surface area contributed by atoms with Crippen LogP contribution in [0.5, 0.6) is 0 Å². The second kappa shape index (κ2) is 5.15. The van der Waals surface area contributed by atoms with Gasteiger partial charge in [-0.15, -0.1) is 0 Å². The highest BCUT2D eigenvalue weighted by Crippen LogP contribution is 2.44. The minimum Gasteiger partial charge on any atom is -0.376 e. The lowest BCUT2D eigenvalue weighted by Gasteiger charge is -2.47. The number of methoxy groups -OCH3 is 1. The van der Waals surface area contributed by atoms with E-state index in [1.54, 1.807) is 19.2 Å². The van der Waals surface area contributed by atoms with Crippen LogP contribution < -0.4 is 5.32 Å². The molecule has 1 saturated carbocycles. The molecule has 0 spiro atoms. The van der Waals surface area contributed by atoms with Crippen molar-refractivity contribution in [1.29, 1.82) is 0 Å². The van der Waals surface area contributed by atoms with E-state index in [1.165, 1.54) is 12.5 Å². The van der Waals surface area contributed by atoms with Gasteiger partial charge in [0.1, 0.15) is 5.82 Å². The van der Waals surface area contributed by atoms with Gasteiger partial charge in [0.15, 0.2) is 0 Å². The lowest BCUT2D eigenvalue weighted by atomic mass is 9.72. The van der Waals surface area contributed by atoms with Crippen LogP contribution in [0.2, 0.25) is 0 Å². The smallest absolute Gasteiger partial charge is 0.123 e. The minimum atomic E-state index is -0.184. The van der Waals surface area contributed by atoms with Crippen molar-refractivity contribution in [3.8, 4) is 0 Å². The SMILES string of the molecule is CCNC(c1cccc(F)c1)C1(OC)CCC1.